The van der Waals surface area contributed by atoms with E-state index in [-0.39, 0.29) is 17.2 Å². The Balaban J connectivity index is 1.81. The largest absolute Gasteiger partial charge is 0.494 e. The molecule has 0 saturated carbocycles. The van der Waals surface area contributed by atoms with Crippen molar-refractivity contribution >= 4 is 40.6 Å². The summed E-state index contributed by atoms with van der Waals surface area (Å²) in [5.74, 6) is -0.188. The number of nitrogens with zero attached hydrogens (tertiary/aromatic N) is 1. The van der Waals surface area contributed by atoms with Gasteiger partial charge in [0.05, 0.1) is 18.7 Å². The maximum Gasteiger partial charge on any atom is 0.273 e. The number of hydrogen-bond donors (Lipinski definition) is 0. The molecular weight excluding hydrogens is 373 g/mol. The number of ether oxygens (including phenoxy) is 1. The fraction of sp³-hybridized carbons (Fsp3) is 0.200. The minimum absolute atomic E-state index is 0.0637. The van der Waals surface area contributed by atoms with E-state index < -0.39 is 11.8 Å². The second kappa shape index (κ2) is 7.94. The second-order valence-corrected chi connectivity index (χ2v) is 6.70. The van der Waals surface area contributed by atoms with E-state index >= 15 is 0 Å². The maximum atomic E-state index is 12.8. The molecule has 1 aliphatic heterocycles. The Hall–Kier alpha value is -2.30. The fourth-order valence-corrected chi connectivity index (χ4v) is 3.07. The van der Waals surface area contributed by atoms with E-state index in [4.69, 9.17) is 27.9 Å². The van der Waals surface area contributed by atoms with Crippen molar-refractivity contribution in [2.75, 3.05) is 6.61 Å². The van der Waals surface area contributed by atoms with Gasteiger partial charge in [-0.3, -0.25) is 14.5 Å². The van der Waals surface area contributed by atoms with Crippen LogP contribution in [0.25, 0.3) is 5.57 Å². The quantitative estimate of drug-likeness (QED) is 0.675. The van der Waals surface area contributed by atoms with Crippen LogP contribution < -0.4 is 4.74 Å². The summed E-state index contributed by atoms with van der Waals surface area (Å²) in [7, 11) is 0. The summed E-state index contributed by atoms with van der Waals surface area (Å²) in [6.07, 6.45) is 0.908. The number of carbonyl (C=O) groups is 2. The third kappa shape index (κ3) is 3.76. The predicted molar refractivity (Wildman–Crippen MR) is 102 cm³/mol. The van der Waals surface area contributed by atoms with Crippen molar-refractivity contribution in [1.82, 2.24) is 4.90 Å². The first-order valence-electron chi connectivity index (χ1n) is 8.25. The molecule has 2 aromatic carbocycles. The number of amides is 2. The van der Waals surface area contributed by atoms with E-state index in [1.165, 1.54) is 0 Å². The second-order valence-electron chi connectivity index (χ2n) is 5.88. The lowest BCUT2D eigenvalue weighted by atomic mass is 10.1. The topological polar surface area (TPSA) is 46.6 Å². The Morgan fingerprint density at radius 1 is 0.923 bits per heavy atom. The van der Waals surface area contributed by atoms with Gasteiger partial charge >= 0.3 is 0 Å². The SMILES string of the molecule is CCCOc1ccc(C2=C(Cl)C(=O)N(Cc3ccc(Cl)cc3)C2=O)cc1. The maximum absolute atomic E-state index is 12.8. The molecule has 4 nitrogen and oxygen atoms in total. The first-order valence-corrected chi connectivity index (χ1v) is 9.00. The third-order valence-corrected chi connectivity index (χ3v) is 4.58. The van der Waals surface area contributed by atoms with Gasteiger partial charge < -0.3 is 4.74 Å². The average Bonchev–Trinajstić information content (AvgIpc) is 2.86. The molecule has 2 amide bonds. The lowest BCUT2D eigenvalue weighted by molar-refractivity contribution is -0.137. The normalized spacial score (nSPS) is 14.3. The molecule has 0 spiro atoms. The minimum Gasteiger partial charge on any atom is -0.494 e. The van der Waals surface area contributed by atoms with Gasteiger partial charge in [0.25, 0.3) is 11.8 Å². The molecule has 26 heavy (non-hydrogen) atoms. The highest BCUT2D eigenvalue weighted by Crippen LogP contribution is 2.33. The van der Waals surface area contributed by atoms with E-state index in [9.17, 15) is 9.59 Å². The molecule has 0 aromatic heterocycles. The number of halogens is 2. The Morgan fingerprint density at radius 3 is 2.19 bits per heavy atom. The number of rotatable bonds is 6. The highest BCUT2D eigenvalue weighted by Gasteiger charge is 2.38. The molecule has 0 saturated heterocycles. The van der Waals surface area contributed by atoms with Crippen LogP contribution in [0.1, 0.15) is 24.5 Å². The zero-order valence-electron chi connectivity index (χ0n) is 14.2. The predicted octanol–water partition coefficient (Wildman–Crippen LogP) is 4.65. The first kappa shape index (κ1) is 18.5. The van der Waals surface area contributed by atoms with Crippen LogP contribution in [0.3, 0.4) is 0 Å². The van der Waals surface area contributed by atoms with E-state index in [1.807, 2.05) is 6.92 Å². The summed E-state index contributed by atoms with van der Waals surface area (Å²) in [5, 5.41) is 0.529. The third-order valence-electron chi connectivity index (χ3n) is 3.98. The van der Waals surface area contributed by atoms with Gasteiger partial charge in [-0.1, -0.05) is 54.4 Å². The molecule has 134 valence electrons. The summed E-state index contributed by atoms with van der Waals surface area (Å²) in [6.45, 7) is 2.79. The summed E-state index contributed by atoms with van der Waals surface area (Å²) in [5.41, 5.74) is 1.61. The number of imide groups is 1. The smallest absolute Gasteiger partial charge is 0.273 e. The lowest BCUT2D eigenvalue weighted by Gasteiger charge is -2.15. The van der Waals surface area contributed by atoms with Crippen LogP contribution in [0.4, 0.5) is 0 Å². The van der Waals surface area contributed by atoms with E-state index in [0.29, 0.717) is 22.9 Å². The fourth-order valence-electron chi connectivity index (χ4n) is 2.65. The molecule has 0 unspecified atom stereocenters. The number of benzene rings is 2. The van der Waals surface area contributed by atoms with Gasteiger partial charge in [-0.15, -0.1) is 0 Å². The molecule has 2 aromatic rings. The summed E-state index contributed by atoms with van der Waals surface area (Å²) in [4.78, 5) is 26.3. The molecule has 1 heterocycles. The van der Waals surface area contributed by atoms with Crippen LogP contribution in [-0.4, -0.2) is 23.3 Å². The zero-order chi connectivity index (χ0) is 18.7. The van der Waals surface area contributed by atoms with Crippen molar-refractivity contribution in [2.45, 2.75) is 19.9 Å². The van der Waals surface area contributed by atoms with Crippen molar-refractivity contribution in [1.29, 1.82) is 0 Å². The van der Waals surface area contributed by atoms with Crippen LogP contribution in [-0.2, 0) is 16.1 Å². The molecule has 0 bridgehead atoms. The molecule has 1 aliphatic rings. The van der Waals surface area contributed by atoms with Gasteiger partial charge in [0.1, 0.15) is 10.8 Å². The Morgan fingerprint density at radius 2 is 1.58 bits per heavy atom. The van der Waals surface area contributed by atoms with Crippen molar-refractivity contribution < 1.29 is 14.3 Å². The van der Waals surface area contributed by atoms with Crippen molar-refractivity contribution in [2.24, 2.45) is 0 Å². The van der Waals surface area contributed by atoms with Gasteiger partial charge in [-0.05, 0) is 41.8 Å². The van der Waals surface area contributed by atoms with Crippen LogP contribution in [0.5, 0.6) is 5.75 Å². The molecule has 0 fully saturated rings. The summed E-state index contributed by atoms with van der Waals surface area (Å²) >= 11 is 12.1. The van der Waals surface area contributed by atoms with Crippen LogP contribution >= 0.6 is 23.2 Å². The van der Waals surface area contributed by atoms with Crippen LogP contribution in [0.2, 0.25) is 5.02 Å². The minimum atomic E-state index is -0.493. The molecule has 0 atom stereocenters. The van der Waals surface area contributed by atoms with Crippen LogP contribution in [0.15, 0.2) is 53.6 Å². The Labute approximate surface area is 162 Å². The van der Waals surface area contributed by atoms with Crippen molar-refractivity contribution in [3.05, 3.63) is 69.7 Å². The first-order chi connectivity index (χ1) is 12.5. The molecular formula is C20H17Cl2NO3. The molecule has 0 aliphatic carbocycles. The Bertz CT molecular complexity index is 858. The van der Waals surface area contributed by atoms with Gasteiger partial charge in [-0.25, -0.2) is 0 Å². The van der Waals surface area contributed by atoms with Gasteiger partial charge in [0, 0.05) is 5.02 Å². The van der Waals surface area contributed by atoms with Gasteiger partial charge in [0.15, 0.2) is 0 Å². The van der Waals surface area contributed by atoms with Gasteiger partial charge in [0.2, 0.25) is 0 Å². The van der Waals surface area contributed by atoms with E-state index in [0.717, 1.165) is 16.9 Å². The molecule has 0 radical (unpaired) electrons. The zero-order valence-corrected chi connectivity index (χ0v) is 15.7. The summed E-state index contributed by atoms with van der Waals surface area (Å²) < 4.78 is 5.54. The number of hydrogen-bond acceptors (Lipinski definition) is 3. The average molecular weight is 390 g/mol. The molecule has 3 rings (SSSR count). The monoisotopic (exact) mass is 389 g/mol. The molecule has 6 heteroatoms. The van der Waals surface area contributed by atoms with Crippen molar-refractivity contribution in [3.63, 3.8) is 0 Å². The van der Waals surface area contributed by atoms with E-state index in [2.05, 4.69) is 0 Å². The van der Waals surface area contributed by atoms with Crippen molar-refractivity contribution in [3.8, 4) is 5.75 Å². The Kier molecular flexibility index (Phi) is 5.64. The number of carbonyl (C=O) groups excluding carboxylic acids is 2. The molecule has 0 N–H and O–H groups in total. The summed E-state index contributed by atoms with van der Waals surface area (Å²) in [6, 6.07) is 14.0. The van der Waals surface area contributed by atoms with Gasteiger partial charge in [-0.2, -0.15) is 0 Å². The van der Waals surface area contributed by atoms with E-state index in [1.54, 1.807) is 48.5 Å². The highest BCUT2D eigenvalue weighted by molar-refractivity contribution is 6.55. The van der Waals surface area contributed by atoms with Crippen LogP contribution in [0, 0.1) is 0 Å². The highest BCUT2D eigenvalue weighted by atomic mass is 35.5. The lowest BCUT2D eigenvalue weighted by Crippen LogP contribution is -2.30. The standard InChI is InChI=1S/C20H17Cl2NO3/c1-2-11-26-16-9-5-14(6-10-16)17-18(22)20(25)23(19(17)24)12-13-3-7-15(21)8-4-13/h3-10H,2,11-12H2,1H3.